The maximum atomic E-state index is 12.7. The number of aryl methyl sites for hydroxylation is 2. The molecule has 0 radical (unpaired) electrons. The van der Waals surface area contributed by atoms with Gasteiger partial charge in [0.2, 0.25) is 0 Å². The number of carbonyl (C=O) groups is 2. The normalized spacial score (nSPS) is 15.1. The minimum atomic E-state index is -0.138. The van der Waals surface area contributed by atoms with Crippen LogP contribution in [0.5, 0.6) is 0 Å². The zero-order valence-corrected chi connectivity index (χ0v) is 15.7. The van der Waals surface area contributed by atoms with E-state index in [1.165, 1.54) is 11.4 Å². The highest BCUT2D eigenvalue weighted by molar-refractivity contribution is 5.94. The predicted molar refractivity (Wildman–Crippen MR) is 101 cm³/mol. The first kappa shape index (κ1) is 18.2. The molecule has 138 valence electrons. The van der Waals surface area contributed by atoms with E-state index in [4.69, 9.17) is 4.74 Å². The van der Waals surface area contributed by atoms with Crippen LogP contribution >= 0.6 is 0 Å². The molecule has 0 atom stereocenters. The number of amides is 1. The van der Waals surface area contributed by atoms with Crippen molar-refractivity contribution < 1.29 is 14.3 Å². The molecule has 1 fully saturated rings. The Balaban J connectivity index is 1.65. The number of hydrogen-bond donors (Lipinski definition) is 0. The molecular formula is C21H26N2O3. The van der Waals surface area contributed by atoms with Crippen LogP contribution in [0.2, 0.25) is 0 Å². The molecule has 2 heterocycles. The molecule has 0 spiro atoms. The lowest BCUT2D eigenvalue weighted by Crippen LogP contribution is -2.40. The molecule has 26 heavy (non-hydrogen) atoms. The second-order valence-electron chi connectivity index (χ2n) is 6.82. The number of carbonyl (C=O) groups excluding carboxylic acids is 2. The molecule has 5 heteroatoms. The molecule has 2 aromatic rings. The van der Waals surface area contributed by atoms with Gasteiger partial charge in [-0.05, 0) is 70.0 Å². The Labute approximate surface area is 154 Å². The van der Waals surface area contributed by atoms with E-state index in [9.17, 15) is 9.59 Å². The standard InChI is InChI=1S/C21H26N2O3/c1-4-26-21(25)18-11-13-22(14-12-18)20(24)17-7-9-19(10-8-17)23-15(2)5-6-16(23)3/h5-10,18H,4,11-14H2,1-3H3. The predicted octanol–water partition coefficient (Wildman–Crippen LogP) is 3.51. The van der Waals surface area contributed by atoms with Crippen LogP contribution in [-0.4, -0.2) is 41.0 Å². The lowest BCUT2D eigenvalue weighted by Gasteiger charge is -2.31. The van der Waals surface area contributed by atoms with Crippen molar-refractivity contribution >= 4 is 11.9 Å². The molecule has 1 aromatic carbocycles. The highest BCUT2D eigenvalue weighted by Gasteiger charge is 2.28. The largest absolute Gasteiger partial charge is 0.466 e. The summed E-state index contributed by atoms with van der Waals surface area (Å²) in [5, 5.41) is 0. The van der Waals surface area contributed by atoms with Crippen molar-refractivity contribution in [2.75, 3.05) is 19.7 Å². The van der Waals surface area contributed by atoms with Gasteiger partial charge >= 0.3 is 5.97 Å². The molecule has 5 nitrogen and oxygen atoms in total. The van der Waals surface area contributed by atoms with E-state index in [0.29, 0.717) is 38.1 Å². The quantitative estimate of drug-likeness (QED) is 0.790. The molecule has 0 N–H and O–H groups in total. The molecule has 0 unspecified atom stereocenters. The number of benzene rings is 1. The van der Waals surface area contributed by atoms with Crippen LogP contribution in [0, 0.1) is 19.8 Å². The Morgan fingerprint density at radius 3 is 2.12 bits per heavy atom. The van der Waals surface area contributed by atoms with E-state index in [2.05, 4.69) is 30.5 Å². The van der Waals surface area contributed by atoms with Crippen molar-refractivity contribution in [1.29, 1.82) is 0 Å². The van der Waals surface area contributed by atoms with E-state index in [0.717, 1.165) is 5.69 Å². The minimum Gasteiger partial charge on any atom is -0.466 e. The first-order valence-corrected chi connectivity index (χ1v) is 9.22. The summed E-state index contributed by atoms with van der Waals surface area (Å²) in [5.74, 6) is -0.192. The molecule has 0 bridgehead atoms. The number of ether oxygens (including phenoxy) is 1. The average molecular weight is 354 g/mol. The van der Waals surface area contributed by atoms with Crippen molar-refractivity contribution in [3.63, 3.8) is 0 Å². The van der Waals surface area contributed by atoms with Crippen molar-refractivity contribution in [2.45, 2.75) is 33.6 Å². The molecule has 0 saturated carbocycles. The van der Waals surface area contributed by atoms with Gasteiger partial charge in [-0.25, -0.2) is 0 Å². The van der Waals surface area contributed by atoms with Gasteiger partial charge in [0.1, 0.15) is 0 Å². The molecule has 1 aromatic heterocycles. The fourth-order valence-corrected chi connectivity index (χ4v) is 3.59. The molecule has 3 rings (SSSR count). The first-order valence-electron chi connectivity index (χ1n) is 9.22. The molecule has 0 aliphatic carbocycles. The second kappa shape index (κ2) is 7.77. The number of esters is 1. The third-order valence-corrected chi connectivity index (χ3v) is 5.05. The number of rotatable bonds is 4. The van der Waals surface area contributed by atoms with Crippen LogP contribution in [0.4, 0.5) is 0 Å². The smallest absolute Gasteiger partial charge is 0.309 e. The SMILES string of the molecule is CCOC(=O)C1CCN(C(=O)c2ccc(-n3c(C)ccc3C)cc2)CC1. The number of likely N-dealkylation sites (tertiary alicyclic amines) is 1. The van der Waals surface area contributed by atoms with Gasteiger partial charge < -0.3 is 14.2 Å². The zero-order chi connectivity index (χ0) is 18.7. The summed E-state index contributed by atoms with van der Waals surface area (Å²) in [5.41, 5.74) is 4.08. The van der Waals surface area contributed by atoms with Gasteiger partial charge in [-0.2, -0.15) is 0 Å². The molecule has 1 saturated heterocycles. The Hall–Kier alpha value is -2.56. The summed E-state index contributed by atoms with van der Waals surface area (Å²) in [6.45, 7) is 7.56. The van der Waals surface area contributed by atoms with E-state index in [-0.39, 0.29) is 17.8 Å². The van der Waals surface area contributed by atoms with E-state index in [1.807, 2.05) is 36.1 Å². The van der Waals surface area contributed by atoms with Crippen molar-refractivity contribution in [3.05, 3.63) is 53.3 Å². The Kier molecular flexibility index (Phi) is 5.45. The summed E-state index contributed by atoms with van der Waals surface area (Å²) < 4.78 is 7.25. The molecule has 1 aliphatic heterocycles. The molecule has 1 amide bonds. The third kappa shape index (κ3) is 3.66. The van der Waals surface area contributed by atoms with Gasteiger partial charge in [0.15, 0.2) is 0 Å². The summed E-state index contributed by atoms with van der Waals surface area (Å²) in [7, 11) is 0. The van der Waals surface area contributed by atoms with E-state index in [1.54, 1.807) is 0 Å². The molecule has 1 aliphatic rings. The topological polar surface area (TPSA) is 51.5 Å². The van der Waals surface area contributed by atoms with Gasteiger partial charge in [-0.15, -0.1) is 0 Å². The van der Waals surface area contributed by atoms with Gasteiger partial charge in [0.05, 0.1) is 12.5 Å². The van der Waals surface area contributed by atoms with Gasteiger partial charge in [-0.1, -0.05) is 0 Å². The molecular weight excluding hydrogens is 328 g/mol. The number of piperidine rings is 1. The maximum Gasteiger partial charge on any atom is 0.309 e. The zero-order valence-electron chi connectivity index (χ0n) is 15.7. The summed E-state index contributed by atoms with van der Waals surface area (Å²) in [6, 6.07) is 11.9. The third-order valence-electron chi connectivity index (χ3n) is 5.05. The number of hydrogen-bond acceptors (Lipinski definition) is 3. The van der Waals surface area contributed by atoms with Gasteiger partial charge in [0.25, 0.3) is 5.91 Å². The average Bonchev–Trinajstić information content (AvgIpc) is 3.00. The first-order chi connectivity index (χ1) is 12.5. The van der Waals surface area contributed by atoms with Crippen LogP contribution in [0.25, 0.3) is 5.69 Å². The van der Waals surface area contributed by atoms with Crippen LogP contribution in [0.15, 0.2) is 36.4 Å². The number of aromatic nitrogens is 1. The fraction of sp³-hybridized carbons (Fsp3) is 0.429. The van der Waals surface area contributed by atoms with Crippen LogP contribution in [0.3, 0.4) is 0 Å². The van der Waals surface area contributed by atoms with Crippen molar-refractivity contribution in [1.82, 2.24) is 9.47 Å². The van der Waals surface area contributed by atoms with Crippen molar-refractivity contribution in [3.8, 4) is 5.69 Å². The lowest BCUT2D eigenvalue weighted by atomic mass is 9.96. The lowest BCUT2D eigenvalue weighted by molar-refractivity contribution is -0.149. The van der Waals surface area contributed by atoms with E-state index < -0.39 is 0 Å². The summed E-state index contributed by atoms with van der Waals surface area (Å²) in [4.78, 5) is 26.4. The van der Waals surface area contributed by atoms with Crippen LogP contribution in [-0.2, 0) is 9.53 Å². The number of nitrogens with zero attached hydrogens (tertiary/aromatic N) is 2. The Morgan fingerprint density at radius 1 is 1.00 bits per heavy atom. The van der Waals surface area contributed by atoms with Crippen molar-refractivity contribution in [2.24, 2.45) is 5.92 Å². The monoisotopic (exact) mass is 354 g/mol. The highest BCUT2D eigenvalue weighted by atomic mass is 16.5. The van der Waals surface area contributed by atoms with Crippen LogP contribution in [0.1, 0.15) is 41.5 Å². The summed E-state index contributed by atoms with van der Waals surface area (Å²) in [6.07, 6.45) is 1.34. The highest BCUT2D eigenvalue weighted by Crippen LogP contribution is 2.22. The Bertz CT molecular complexity index is 765. The maximum absolute atomic E-state index is 12.7. The van der Waals surface area contributed by atoms with E-state index >= 15 is 0 Å². The second-order valence-corrected chi connectivity index (χ2v) is 6.82. The Morgan fingerprint density at radius 2 is 1.58 bits per heavy atom. The van der Waals surface area contributed by atoms with Gasteiger partial charge in [0, 0.05) is 35.7 Å². The fourth-order valence-electron chi connectivity index (χ4n) is 3.59. The van der Waals surface area contributed by atoms with Gasteiger partial charge in [-0.3, -0.25) is 9.59 Å². The minimum absolute atomic E-state index is 0.0276. The summed E-state index contributed by atoms with van der Waals surface area (Å²) >= 11 is 0. The van der Waals surface area contributed by atoms with Crippen LogP contribution < -0.4 is 0 Å².